The molecule has 0 heterocycles. The van der Waals surface area contributed by atoms with E-state index in [2.05, 4.69) is 0 Å². The van der Waals surface area contributed by atoms with Gasteiger partial charge in [-0.3, -0.25) is 0 Å². The SMILES string of the molecule is O[Si](O)(O)O.O[Si](O)(O)O.O[Si](O)(O)O.O[Si](O)(O)O.O[Si](O)(O)O.O[Si](O)(O)O.O[Si](O)(O)O.O[Si](O)(O)O.[Al].[Al].[Mg].[Mg].[Mg]. The molecule has 0 bridgehead atoms. The van der Waals surface area contributed by atoms with Crippen LogP contribution in [0.15, 0.2) is 0 Å². The maximum Gasteiger partial charge on any atom is 0.668 e. The summed E-state index contributed by atoms with van der Waals surface area (Å²) in [6, 6.07) is 0. The van der Waals surface area contributed by atoms with Crippen LogP contribution in [0.5, 0.6) is 0 Å². The highest BCUT2D eigenvalue weighted by atomic mass is 28.4. The lowest BCUT2D eigenvalue weighted by Gasteiger charge is -1.91. The van der Waals surface area contributed by atoms with Gasteiger partial charge in [-0.25, -0.2) is 0 Å². The lowest BCUT2D eigenvalue weighted by atomic mass is 15.7. The lowest BCUT2D eigenvalue weighted by molar-refractivity contribution is 0.115. The fraction of sp³-hybridized carbons (Fsp3) is 0. The van der Waals surface area contributed by atoms with Crippen molar-refractivity contribution in [2.24, 2.45) is 0 Å². The fourth-order valence-electron chi connectivity index (χ4n) is 0. The van der Waals surface area contributed by atoms with Crippen molar-refractivity contribution in [3.05, 3.63) is 0 Å². The Kier molecular flexibility index (Phi) is 75.5. The zero-order chi connectivity index (χ0) is 36.0. The molecule has 12 radical (unpaired) electrons. The van der Waals surface area contributed by atoms with Gasteiger partial charge in [-0.05, 0) is 0 Å². The van der Waals surface area contributed by atoms with Gasteiger partial charge >= 0.3 is 72.4 Å². The largest absolute Gasteiger partial charge is 0.668 e. The second-order valence-electron chi connectivity index (χ2n) is 4.80. The molecule has 0 aliphatic rings. The van der Waals surface area contributed by atoms with E-state index in [4.69, 9.17) is 153 Å². The first-order chi connectivity index (χ1) is 16.0. The van der Waals surface area contributed by atoms with Crippen LogP contribution < -0.4 is 0 Å². The van der Waals surface area contributed by atoms with Crippen LogP contribution >= 0.6 is 0 Å². The minimum absolute atomic E-state index is 0. The smallest absolute Gasteiger partial charge is 0.368 e. The molecule has 0 fully saturated rings. The summed E-state index contributed by atoms with van der Waals surface area (Å²) in [6.07, 6.45) is 0. The summed E-state index contributed by atoms with van der Waals surface area (Å²) in [6.45, 7) is 0. The second-order valence-corrected chi connectivity index (χ2v) is 14.4. The molecule has 0 aliphatic carbocycles. The summed E-state index contributed by atoms with van der Waals surface area (Å²) in [5, 5.41) is 0. The van der Waals surface area contributed by atoms with Gasteiger partial charge in [-0.1, -0.05) is 0 Å². The van der Waals surface area contributed by atoms with E-state index in [1.165, 1.54) is 0 Å². The van der Waals surface area contributed by atoms with E-state index >= 15 is 0 Å². The molecule has 0 aromatic rings. The average Bonchev–Trinajstić information content (AvgIpc) is 2.16. The monoisotopic (exact) mass is 894 g/mol. The molecule has 0 unspecified atom stereocenters. The molecule has 0 spiro atoms. The van der Waals surface area contributed by atoms with Crippen molar-refractivity contribution < 1.29 is 153 Å². The molecule has 0 aromatic heterocycles. The van der Waals surface area contributed by atoms with Crippen LogP contribution in [-0.4, -0.2) is 330 Å². The van der Waals surface area contributed by atoms with Crippen LogP contribution in [0.1, 0.15) is 0 Å². The Hall–Kier alpha value is 3.82. The Balaban J connectivity index is -0.0000000233. The lowest BCUT2D eigenvalue weighted by Crippen LogP contribution is -2.33. The molecule has 45 heavy (non-hydrogen) atoms. The number of hydrogen-bond donors (Lipinski definition) is 32. The second kappa shape index (κ2) is 39.0. The maximum absolute atomic E-state index is 7.33. The zero-order valence-electron chi connectivity index (χ0n) is 21.6. The van der Waals surface area contributed by atoms with Gasteiger partial charge in [-0.2, -0.15) is 0 Å². The Morgan fingerprint density at radius 3 is 0.133 bits per heavy atom. The van der Waals surface area contributed by atoms with Crippen LogP contribution in [0.3, 0.4) is 0 Å². The summed E-state index contributed by atoms with van der Waals surface area (Å²) >= 11 is 0. The standard InChI is InChI=1S/2Al.3Mg.8H4O4Si/c;;;;;8*1-5(2,3)4/h;;;;;8*1-4H. The van der Waals surface area contributed by atoms with Gasteiger partial charge in [0.2, 0.25) is 0 Å². The quantitative estimate of drug-likeness (QED) is 0.100. The third-order valence-electron chi connectivity index (χ3n) is 0. The van der Waals surface area contributed by atoms with Crippen molar-refractivity contribution in [2.75, 3.05) is 0 Å². The molecule has 32 nitrogen and oxygen atoms in total. The number of hydrogen-bond acceptors (Lipinski definition) is 32. The number of rotatable bonds is 0. The van der Waals surface area contributed by atoms with Crippen molar-refractivity contribution in [2.45, 2.75) is 0 Å². The highest BCUT2D eigenvalue weighted by Crippen LogP contribution is 1.70. The van der Waals surface area contributed by atoms with Gasteiger partial charge in [0.15, 0.2) is 0 Å². The van der Waals surface area contributed by atoms with Crippen LogP contribution in [0.4, 0.5) is 0 Å². The first-order valence-corrected chi connectivity index (χ1v) is 21.5. The molecule has 0 aromatic carbocycles. The molecular weight excluding hydrogens is 864 g/mol. The summed E-state index contributed by atoms with van der Waals surface area (Å²) in [5.74, 6) is 0. The molecule has 0 rings (SSSR count). The molecule has 0 saturated heterocycles. The van der Waals surface area contributed by atoms with Crippen LogP contribution in [0.25, 0.3) is 0 Å². The molecule has 32 N–H and O–H groups in total. The minimum atomic E-state index is -4.61. The molecule has 45 heteroatoms. The summed E-state index contributed by atoms with van der Waals surface area (Å²) in [7, 11) is -36.9. The topological polar surface area (TPSA) is 647 Å². The van der Waals surface area contributed by atoms with Crippen LogP contribution in [-0.2, 0) is 0 Å². The van der Waals surface area contributed by atoms with E-state index in [-0.39, 0.29) is 104 Å². The van der Waals surface area contributed by atoms with Crippen LogP contribution in [0, 0.1) is 0 Å². The van der Waals surface area contributed by atoms with Gasteiger partial charge < -0.3 is 153 Å². The Labute approximate surface area is 326 Å². The Morgan fingerprint density at radius 2 is 0.133 bits per heavy atom. The predicted octanol–water partition coefficient (Wildman–Crippen LogP) is -22.8. The Morgan fingerprint density at radius 1 is 0.133 bits per heavy atom. The molecular formula is H32Al2Mg3O32Si8. The Bertz CT molecular complexity index is 324. The third kappa shape index (κ3) is 6880. The summed E-state index contributed by atoms with van der Waals surface area (Å²) in [5.41, 5.74) is 0. The molecule has 0 atom stereocenters. The van der Waals surface area contributed by atoms with E-state index in [1.807, 2.05) is 0 Å². The van der Waals surface area contributed by atoms with E-state index in [0.717, 1.165) is 0 Å². The van der Waals surface area contributed by atoms with E-state index in [1.54, 1.807) is 0 Å². The molecule has 0 aliphatic heterocycles. The molecule has 268 valence electrons. The van der Waals surface area contributed by atoms with E-state index < -0.39 is 72.4 Å². The van der Waals surface area contributed by atoms with Gasteiger partial charge in [0.1, 0.15) is 0 Å². The minimum Gasteiger partial charge on any atom is -0.368 e. The van der Waals surface area contributed by atoms with Gasteiger partial charge in [0.05, 0.1) is 0 Å². The highest BCUT2D eigenvalue weighted by molar-refractivity contribution is 6.48. The molecule has 0 amide bonds. The first-order valence-electron chi connectivity index (χ1n) is 7.16. The third-order valence-corrected chi connectivity index (χ3v) is 0. The highest BCUT2D eigenvalue weighted by Gasteiger charge is 2.25. The van der Waals surface area contributed by atoms with E-state index in [9.17, 15) is 0 Å². The maximum atomic E-state index is 7.33. The van der Waals surface area contributed by atoms with E-state index in [0.29, 0.717) is 0 Å². The molecule has 0 saturated carbocycles. The summed E-state index contributed by atoms with van der Waals surface area (Å²) < 4.78 is 0. The van der Waals surface area contributed by atoms with Crippen molar-refractivity contribution in [3.63, 3.8) is 0 Å². The van der Waals surface area contributed by atoms with Gasteiger partial charge in [0.25, 0.3) is 0 Å². The fourth-order valence-corrected chi connectivity index (χ4v) is 0. The normalized spacial score (nSPS) is 10.7. The predicted molar refractivity (Wildman–Crippen MR) is 146 cm³/mol. The van der Waals surface area contributed by atoms with Gasteiger partial charge in [-0.15, -0.1) is 0 Å². The average molecular weight is 896 g/mol. The van der Waals surface area contributed by atoms with Crippen molar-refractivity contribution >= 4 is 176 Å². The zero-order valence-corrected chi connectivity index (χ0v) is 36.1. The van der Waals surface area contributed by atoms with Gasteiger partial charge in [0, 0.05) is 104 Å². The van der Waals surface area contributed by atoms with Crippen molar-refractivity contribution in [1.29, 1.82) is 0 Å². The summed E-state index contributed by atoms with van der Waals surface area (Å²) in [4.78, 5) is 234. The van der Waals surface area contributed by atoms with Crippen molar-refractivity contribution in [3.8, 4) is 0 Å². The first kappa shape index (κ1) is 87.0. The van der Waals surface area contributed by atoms with Crippen LogP contribution in [0.2, 0.25) is 0 Å². The van der Waals surface area contributed by atoms with Crippen molar-refractivity contribution in [1.82, 2.24) is 0 Å².